The normalized spacial score (nSPS) is 12.2. The standard InChI is InChI=1S/C14H22N2O/c1-4-13(9-15)14(17)16(3)10-12-7-5-11(2)6-8-12/h5-8,13H,4,9-10,15H2,1-3H3. The Hall–Kier alpha value is -1.35. The van der Waals surface area contributed by atoms with Gasteiger partial charge in [0.05, 0.1) is 5.92 Å². The molecule has 0 aliphatic heterocycles. The summed E-state index contributed by atoms with van der Waals surface area (Å²) in [4.78, 5) is 13.8. The van der Waals surface area contributed by atoms with Gasteiger partial charge in [-0.1, -0.05) is 36.8 Å². The molecule has 2 N–H and O–H groups in total. The van der Waals surface area contributed by atoms with Crippen molar-refractivity contribution in [2.75, 3.05) is 13.6 Å². The minimum Gasteiger partial charge on any atom is -0.341 e. The van der Waals surface area contributed by atoms with Crippen molar-refractivity contribution in [2.24, 2.45) is 11.7 Å². The number of hydrogen-bond donors (Lipinski definition) is 1. The van der Waals surface area contributed by atoms with Crippen LogP contribution < -0.4 is 5.73 Å². The number of hydrogen-bond acceptors (Lipinski definition) is 2. The fourth-order valence-electron chi connectivity index (χ4n) is 1.80. The molecule has 1 unspecified atom stereocenters. The van der Waals surface area contributed by atoms with Gasteiger partial charge in [-0.25, -0.2) is 0 Å². The number of carbonyl (C=O) groups is 1. The first-order chi connectivity index (χ1) is 8.08. The smallest absolute Gasteiger partial charge is 0.226 e. The van der Waals surface area contributed by atoms with Crippen LogP contribution in [0.2, 0.25) is 0 Å². The van der Waals surface area contributed by atoms with E-state index in [0.717, 1.165) is 12.0 Å². The zero-order valence-corrected chi connectivity index (χ0v) is 10.9. The second kappa shape index (κ2) is 6.40. The van der Waals surface area contributed by atoms with Crippen LogP contribution >= 0.6 is 0 Å². The highest BCUT2D eigenvalue weighted by Crippen LogP contribution is 2.10. The maximum Gasteiger partial charge on any atom is 0.226 e. The van der Waals surface area contributed by atoms with Crippen LogP contribution in [-0.2, 0) is 11.3 Å². The van der Waals surface area contributed by atoms with Crippen LogP contribution in [0.4, 0.5) is 0 Å². The van der Waals surface area contributed by atoms with E-state index in [1.54, 1.807) is 4.90 Å². The molecule has 0 bridgehead atoms. The van der Waals surface area contributed by atoms with E-state index >= 15 is 0 Å². The highest BCUT2D eigenvalue weighted by atomic mass is 16.2. The maximum absolute atomic E-state index is 12.0. The number of carbonyl (C=O) groups excluding carboxylic acids is 1. The molecule has 94 valence electrons. The molecule has 3 nitrogen and oxygen atoms in total. The summed E-state index contributed by atoms with van der Waals surface area (Å²) in [5.74, 6) is 0.0843. The van der Waals surface area contributed by atoms with Crippen LogP contribution in [-0.4, -0.2) is 24.4 Å². The van der Waals surface area contributed by atoms with E-state index in [1.165, 1.54) is 5.56 Å². The van der Waals surface area contributed by atoms with Gasteiger partial charge in [-0.15, -0.1) is 0 Å². The van der Waals surface area contributed by atoms with Crippen LogP contribution in [0.3, 0.4) is 0 Å². The number of nitrogens with zero attached hydrogens (tertiary/aromatic N) is 1. The SMILES string of the molecule is CCC(CN)C(=O)N(C)Cc1ccc(C)cc1. The van der Waals surface area contributed by atoms with E-state index in [2.05, 4.69) is 31.2 Å². The van der Waals surface area contributed by atoms with Crippen molar-refractivity contribution in [1.29, 1.82) is 0 Å². The Morgan fingerprint density at radius 2 is 1.94 bits per heavy atom. The number of benzene rings is 1. The fourth-order valence-corrected chi connectivity index (χ4v) is 1.80. The third-order valence-electron chi connectivity index (χ3n) is 3.04. The van der Waals surface area contributed by atoms with Gasteiger partial charge in [-0.05, 0) is 18.9 Å². The average molecular weight is 234 g/mol. The number of aryl methyl sites for hydroxylation is 1. The van der Waals surface area contributed by atoms with Crippen molar-refractivity contribution < 1.29 is 4.79 Å². The molecule has 0 radical (unpaired) electrons. The zero-order chi connectivity index (χ0) is 12.8. The molecule has 0 heterocycles. The lowest BCUT2D eigenvalue weighted by atomic mass is 10.1. The predicted octanol–water partition coefficient (Wildman–Crippen LogP) is 1.94. The van der Waals surface area contributed by atoms with Crippen molar-refractivity contribution in [3.05, 3.63) is 35.4 Å². The summed E-state index contributed by atoms with van der Waals surface area (Å²) in [5.41, 5.74) is 7.97. The van der Waals surface area contributed by atoms with E-state index in [4.69, 9.17) is 5.73 Å². The predicted molar refractivity (Wildman–Crippen MR) is 70.5 cm³/mol. The minimum absolute atomic E-state index is 0.0505. The summed E-state index contributed by atoms with van der Waals surface area (Å²) < 4.78 is 0. The lowest BCUT2D eigenvalue weighted by Crippen LogP contribution is -2.35. The minimum atomic E-state index is -0.0505. The summed E-state index contributed by atoms with van der Waals surface area (Å²) >= 11 is 0. The molecular weight excluding hydrogens is 212 g/mol. The monoisotopic (exact) mass is 234 g/mol. The molecule has 1 rings (SSSR count). The molecule has 0 aliphatic carbocycles. The van der Waals surface area contributed by atoms with Gasteiger partial charge in [-0.3, -0.25) is 4.79 Å². The molecular formula is C14H22N2O. The molecule has 0 aromatic heterocycles. The van der Waals surface area contributed by atoms with Gasteiger partial charge in [0, 0.05) is 20.1 Å². The lowest BCUT2D eigenvalue weighted by Gasteiger charge is -2.22. The van der Waals surface area contributed by atoms with Crippen LogP contribution in [0.1, 0.15) is 24.5 Å². The van der Waals surface area contributed by atoms with Gasteiger partial charge in [0.2, 0.25) is 5.91 Å². The summed E-state index contributed by atoms with van der Waals surface area (Å²) in [7, 11) is 1.83. The Labute approximate surface area is 104 Å². The fraction of sp³-hybridized carbons (Fsp3) is 0.500. The molecule has 1 aromatic rings. The van der Waals surface area contributed by atoms with Crippen molar-refractivity contribution in [3.63, 3.8) is 0 Å². The van der Waals surface area contributed by atoms with Gasteiger partial charge in [0.25, 0.3) is 0 Å². The maximum atomic E-state index is 12.0. The lowest BCUT2D eigenvalue weighted by molar-refractivity contribution is -0.134. The molecule has 1 aromatic carbocycles. The number of rotatable bonds is 5. The van der Waals surface area contributed by atoms with E-state index in [0.29, 0.717) is 13.1 Å². The van der Waals surface area contributed by atoms with E-state index < -0.39 is 0 Å². The van der Waals surface area contributed by atoms with E-state index in [9.17, 15) is 4.79 Å². The third-order valence-corrected chi connectivity index (χ3v) is 3.04. The summed E-state index contributed by atoms with van der Waals surface area (Å²) in [6.07, 6.45) is 0.799. The van der Waals surface area contributed by atoms with Gasteiger partial charge < -0.3 is 10.6 Å². The highest BCUT2D eigenvalue weighted by Gasteiger charge is 2.18. The Morgan fingerprint density at radius 1 is 1.35 bits per heavy atom. The topological polar surface area (TPSA) is 46.3 Å². The van der Waals surface area contributed by atoms with Gasteiger partial charge in [0.1, 0.15) is 0 Å². The largest absolute Gasteiger partial charge is 0.341 e. The van der Waals surface area contributed by atoms with E-state index in [1.807, 2.05) is 14.0 Å². The average Bonchev–Trinajstić information content (AvgIpc) is 2.33. The van der Waals surface area contributed by atoms with Crippen molar-refractivity contribution >= 4 is 5.91 Å². The van der Waals surface area contributed by atoms with Gasteiger partial charge in [0.15, 0.2) is 0 Å². The highest BCUT2D eigenvalue weighted by molar-refractivity contribution is 5.78. The van der Waals surface area contributed by atoms with Crippen LogP contribution in [0.15, 0.2) is 24.3 Å². The van der Waals surface area contributed by atoms with Crippen LogP contribution in [0, 0.1) is 12.8 Å². The van der Waals surface area contributed by atoms with Crippen molar-refractivity contribution in [2.45, 2.75) is 26.8 Å². The zero-order valence-electron chi connectivity index (χ0n) is 10.9. The molecule has 0 saturated carbocycles. The van der Waals surface area contributed by atoms with Gasteiger partial charge >= 0.3 is 0 Å². The molecule has 17 heavy (non-hydrogen) atoms. The molecule has 0 saturated heterocycles. The number of amides is 1. The Balaban J connectivity index is 2.62. The molecule has 0 spiro atoms. The quantitative estimate of drug-likeness (QED) is 0.846. The first-order valence-corrected chi connectivity index (χ1v) is 6.09. The third kappa shape index (κ3) is 3.86. The summed E-state index contributed by atoms with van der Waals surface area (Å²) in [5, 5.41) is 0. The Morgan fingerprint density at radius 3 is 2.41 bits per heavy atom. The molecule has 0 fully saturated rings. The van der Waals surface area contributed by atoms with Crippen molar-refractivity contribution in [3.8, 4) is 0 Å². The first kappa shape index (κ1) is 13.7. The molecule has 1 amide bonds. The van der Waals surface area contributed by atoms with Gasteiger partial charge in [-0.2, -0.15) is 0 Å². The van der Waals surface area contributed by atoms with Crippen LogP contribution in [0.25, 0.3) is 0 Å². The Kier molecular flexibility index (Phi) is 5.16. The van der Waals surface area contributed by atoms with E-state index in [-0.39, 0.29) is 11.8 Å². The van der Waals surface area contributed by atoms with Crippen LogP contribution in [0.5, 0.6) is 0 Å². The second-order valence-corrected chi connectivity index (χ2v) is 4.52. The molecule has 1 atom stereocenters. The summed E-state index contributed by atoms with van der Waals surface area (Å²) in [6, 6.07) is 8.24. The molecule has 0 aliphatic rings. The second-order valence-electron chi connectivity index (χ2n) is 4.52. The first-order valence-electron chi connectivity index (χ1n) is 6.09. The molecule has 3 heteroatoms. The van der Waals surface area contributed by atoms with Crippen molar-refractivity contribution in [1.82, 2.24) is 4.90 Å². The number of nitrogens with two attached hydrogens (primary N) is 1. The Bertz CT molecular complexity index is 355. The summed E-state index contributed by atoms with van der Waals surface area (Å²) in [6.45, 7) is 5.12.